The van der Waals surface area contributed by atoms with Crippen molar-refractivity contribution < 1.29 is 27.4 Å². The van der Waals surface area contributed by atoms with Gasteiger partial charge in [0.2, 0.25) is 0 Å². The molecule has 2 aromatic rings. The lowest BCUT2D eigenvalue weighted by atomic mass is 10.1. The van der Waals surface area contributed by atoms with E-state index in [1.807, 2.05) is 0 Å². The van der Waals surface area contributed by atoms with Crippen molar-refractivity contribution in [2.24, 2.45) is 0 Å². The standard InChI is InChI=1S/C20H20F3NO3/c1-2-3-13-26-17-9-7-15(8-10-17)19(25)11-12-24-16-5-4-6-18(14-16)27-20(21,22)23/h4-12,14,24H,2-3,13H2,1H3/b12-11+. The predicted molar refractivity (Wildman–Crippen MR) is 97.1 cm³/mol. The highest BCUT2D eigenvalue weighted by molar-refractivity contribution is 6.04. The van der Waals surface area contributed by atoms with E-state index in [0.717, 1.165) is 12.8 Å². The molecule has 0 aliphatic carbocycles. The molecule has 7 heteroatoms. The Kier molecular flexibility index (Phi) is 7.28. The molecule has 0 atom stereocenters. The van der Waals surface area contributed by atoms with Crippen LogP contribution in [-0.4, -0.2) is 18.8 Å². The average molecular weight is 379 g/mol. The van der Waals surface area contributed by atoms with Crippen molar-refractivity contribution in [3.8, 4) is 11.5 Å². The van der Waals surface area contributed by atoms with Crippen LogP contribution in [0.2, 0.25) is 0 Å². The minimum Gasteiger partial charge on any atom is -0.494 e. The van der Waals surface area contributed by atoms with Gasteiger partial charge in [0, 0.05) is 29.6 Å². The number of hydrogen-bond acceptors (Lipinski definition) is 4. The highest BCUT2D eigenvalue weighted by Gasteiger charge is 2.31. The summed E-state index contributed by atoms with van der Waals surface area (Å²) < 4.78 is 46.0. The third kappa shape index (κ3) is 7.43. The van der Waals surface area contributed by atoms with E-state index in [4.69, 9.17) is 4.74 Å². The van der Waals surface area contributed by atoms with Crippen LogP contribution in [0.5, 0.6) is 11.5 Å². The van der Waals surface area contributed by atoms with Crippen LogP contribution >= 0.6 is 0 Å². The molecule has 1 N–H and O–H groups in total. The zero-order valence-electron chi connectivity index (χ0n) is 14.8. The highest BCUT2D eigenvalue weighted by Crippen LogP contribution is 2.25. The highest BCUT2D eigenvalue weighted by atomic mass is 19.4. The molecule has 0 spiro atoms. The van der Waals surface area contributed by atoms with E-state index >= 15 is 0 Å². The molecule has 0 radical (unpaired) electrons. The molecule has 2 aromatic carbocycles. The first kappa shape index (κ1) is 20.4. The van der Waals surface area contributed by atoms with Gasteiger partial charge in [-0.2, -0.15) is 0 Å². The maximum atomic E-state index is 12.2. The van der Waals surface area contributed by atoms with Gasteiger partial charge in [0.05, 0.1) is 6.61 Å². The number of nitrogens with one attached hydrogen (secondary N) is 1. The fourth-order valence-electron chi connectivity index (χ4n) is 2.14. The number of alkyl halides is 3. The van der Waals surface area contributed by atoms with Crippen LogP contribution in [0.1, 0.15) is 30.1 Å². The number of anilines is 1. The van der Waals surface area contributed by atoms with Crippen molar-refractivity contribution in [2.45, 2.75) is 26.1 Å². The summed E-state index contributed by atoms with van der Waals surface area (Å²) in [6, 6.07) is 12.1. The number of carbonyl (C=O) groups is 1. The summed E-state index contributed by atoms with van der Waals surface area (Å²) in [7, 11) is 0. The van der Waals surface area contributed by atoms with Crippen LogP contribution < -0.4 is 14.8 Å². The average Bonchev–Trinajstić information content (AvgIpc) is 2.61. The van der Waals surface area contributed by atoms with Crippen LogP contribution in [0.3, 0.4) is 0 Å². The number of allylic oxidation sites excluding steroid dienone is 1. The van der Waals surface area contributed by atoms with Gasteiger partial charge in [0.15, 0.2) is 5.78 Å². The molecule has 0 aliphatic rings. The monoisotopic (exact) mass is 379 g/mol. The second-order valence-electron chi connectivity index (χ2n) is 5.64. The van der Waals surface area contributed by atoms with Gasteiger partial charge in [-0.25, -0.2) is 0 Å². The van der Waals surface area contributed by atoms with Gasteiger partial charge >= 0.3 is 6.36 Å². The second kappa shape index (κ2) is 9.66. The minimum atomic E-state index is -4.75. The largest absolute Gasteiger partial charge is 0.573 e. The number of ketones is 1. The minimum absolute atomic E-state index is 0.245. The first-order valence-electron chi connectivity index (χ1n) is 8.43. The summed E-state index contributed by atoms with van der Waals surface area (Å²) in [5, 5.41) is 2.74. The maximum absolute atomic E-state index is 12.2. The molecule has 0 amide bonds. The number of carbonyl (C=O) groups excluding carboxylic acids is 1. The lowest BCUT2D eigenvalue weighted by Crippen LogP contribution is -2.17. The molecule has 2 rings (SSSR count). The van der Waals surface area contributed by atoms with E-state index < -0.39 is 6.36 Å². The third-order valence-corrected chi connectivity index (χ3v) is 3.46. The Morgan fingerprint density at radius 2 is 1.85 bits per heavy atom. The van der Waals surface area contributed by atoms with E-state index in [2.05, 4.69) is 17.0 Å². The summed E-state index contributed by atoms with van der Waals surface area (Å²) in [6.45, 7) is 2.70. The number of ether oxygens (including phenoxy) is 2. The Morgan fingerprint density at radius 3 is 2.52 bits per heavy atom. The first-order valence-corrected chi connectivity index (χ1v) is 8.43. The molecule has 144 valence electrons. The van der Waals surface area contributed by atoms with E-state index in [-0.39, 0.29) is 11.5 Å². The quantitative estimate of drug-likeness (QED) is 0.351. The number of unbranched alkanes of at least 4 members (excludes halogenated alkanes) is 1. The van der Waals surface area contributed by atoms with Gasteiger partial charge in [-0.3, -0.25) is 4.79 Å². The summed E-state index contributed by atoms with van der Waals surface area (Å²) >= 11 is 0. The van der Waals surface area contributed by atoms with Gasteiger partial charge in [-0.05, 0) is 42.8 Å². The van der Waals surface area contributed by atoms with Crippen molar-refractivity contribution in [1.82, 2.24) is 0 Å². The van der Waals surface area contributed by atoms with E-state index in [1.54, 1.807) is 30.3 Å². The van der Waals surface area contributed by atoms with Crippen LogP contribution in [0.25, 0.3) is 0 Å². The second-order valence-corrected chi connectivity index (χ2v) is 5.64. The lowest BCUT2D eigenvalue weighted by molar-refractivity contribution is -0.274. The Morgan fingerprint density at radius 1 is 1.11 bits per heavy atom. The number of halogens is 3. The fourth-order valence-corrected chi connectivity index (χ4v) is 2.14. The Balaban J connectivity index is 1.90. The molecule has 27 heavy (non-hydrogen) atoms. The maximum Gasteiger partial charge on any atom is 0.573 e. The molecular weight excluding hydrogens is 359 g/mol. The van der Waals surface area contributed by atoms with Crippen LogP contribution in [0, 0.1) is 0 Å². The Bertz CT molecular complexity index is 771. The number of hydrogen-bond donors (Lipinski definition) is 1. The van der Waals surface area contributed by atoms with Crippen molar-refractivity contribution in [3.05, 3.63) is 66.4 Å². The molecule has 0 fully saturated rings. The van der Waals surface area contributed by atoms with Crippen molar-refractivity contribution in [3.63, 3.8) is 0 Å². The molecule has 0 saturated heterocycles. The van der Waals surface area contributed by atoms with Gasteiger partial charge in [-0.15, -0.1) is 13.2 Å². The van der Waals surface area contributed by atoms with Gasteiger partial charge < -0.3 is 14.8 Å². The van der Waals surface area contributed by atoms with Gasteiger partial charge in [0.1, 0.15) is 11.5 Å². The van der Waals surface area contributed by atoms with Crippen LogP contribution in [-0.2, 0) is 0 Å². The van der Waals surface area contributed by atoms with Crippen molar-refractivity contribution in [2.75, 3.05) is 11.9 Å². The Labute approximate surface area is 155 Å². The summed E-state index contributed by atoms with van der Waals surface area (Å²) in [4.78, 5) is 12.1. The van der Waals surface area contributed by atoms with Crippen LogP contribution in [0.15, 0.2) is 60.8 Å². The topological polar surface area (TPSA) is 47.6 Å². The van der Waals surface area contributed by atoms with Gasteiger partial charge in [0.25, 0.3) is 0 Å². The molecule has 0 saturated carbocycles. The normalized spacial score (nSPS) is 11.4. The molecule has 0 heterocycles. The summed E-state index contributed by atoms with van der Waals surface area (Å²) in [6.07, 6.45) is -0.0916. The molecular formula is C20H20F3NO3. The fraction of sp³-hybridized carbons (Fsp3) is 0.250. The van der Waals surface area contributed by atoms with Crippen LogP contribution in [0.4, 0.5) is 18.9 Å². The van der Waals surface area contributed by atoms with Gasteiger partial charge in [-0.1, -0.05) is 19.4 Å². The third-order valence-electron chi connectivity index (χ3n) is 3.46. The zero-order chi connectivity index (χ0) is 19.7. The smallest absolute Gasteiger partial charge is 0.494 e. The van der Waals surface area contributed by atoms with E-state index in [1.165, 1.54) is 30.5 Å². The molecule has 4 nitrogen and oxygen atoms in total. The molecule has 0 aromatic heterocycles. The van der Waals surface area contributed by atoms with Crippen molar-refractivity contribution >= 4 is 11.5 Å². The lowest BCUT2D eigenvalue weighted by Gasteiger charge is -2.09. The molecule has 0 aliphatic heterocycles. The SMILES string of the molecule is CCCCOc1ccc(C(=O)/C=C/Nc2cccc(OC(F)(F)F)c2)cc1. The number of benzene rings is 2. The number of rotatable bonds is 9. The first-order chi connectivity index (χ1) is 12.9. The Hall–Kier alpha value is -2.96. The summed E-state index contributed by atoms with van der Waals surface area (Å²) in [5.41, 5.74) is 0.838. The zero-order valence-corrected chi connectivity index (χ0v) is 14.8. The van der Waals surface area contributed by atoms with Crippen molar-refractivity contribution in [1.29, 1.82) is 0 Å². The predicted octanol–water partition coefficient (Wildman–Crippen LogP) is 5.57. The van der Waals surface area contributed by atoms with E-state index in [9.17, 15) is 18.0 Å². The summed E-state index contributed by atoms with van der Waals surface area (Å²) in [5.74, 6) is 0.111. The van der Waals surface area contributed by atoms with E-state index in [0.29, 0.717) is 23.6 Å². The molecule has 0 bridgehead atoms. The molecule has 0 unspecified atom stereocenters.